The van der Waals surface area contributed by atoms with E-state index in [1.54, 1.807) is 24.4 Å². The molecule has 1 aromatic heterocycles. The number of nitrogens with zero attached hydrogens (tertiary/aromatic N) is 1. The molecular formula is C26H34ClNO5. The van der Waals surface area contributed by atoms with E-state index in [-0.39, 0.29) is 23.8 Å². The molecule has 1 aliphatic rings. The fraction of sp³-hybridized carbons (Fsp3) is 0.538. The Kier molecular flexibility index (Phi) is 7.78. The molecule has 2 aromatic rings. The summed E-state index contributed by atoms with van der Waals surface area (Å²) in [5.74, 6) is 0.999. The molecule has 1 atom stereocenters. The zero-order valence-electron chi connectivity index (χ0n) is 20.4. The molecule has 0 amide bonds. The van der Waals surface area contributed by atoms with Gasteiger partial charge in [-0.15, -0.1) is 0 Å². The van der Waals surface area contributed by atoms with E-state index >= 15 is 0 Å². The van der Waals surface area contributed by atoms with Crippen LogP contribution in [0.1, 0.15) is 66.0 Å². The van der Waals surface area contributed by atoms with Gasteiger partial charge in [0.1, 0.15) is 23.7 Å². The lowest BCUT2D eigenvalue weighted by Crippen LogP contribution is -2.28. The molecule has 0 saturated heterocycles. The number of rotatable bonds is 7. The number of fused-ring (bicyclic) bond motifs is 3. The summed E-state index contributed by atoms with van der Waals surface area (Å²) in [7, 11) is 0. The van der Waals surface area contributed by atoms with Crippen molar-refractivity contribution in [2.45, 2.75) is 72.4 Å². The Hall–Kier alpha value is -2.47. The second kappa shape index (κ2) is 10.2. The number of benzene rings is 1. The molecule has 0 aliphatic carbocycles. The highest BCUT2D eigenvalue weighted by Crippen LogP contribution is 2.42. The first-order valence-electron chi connectivity index (χ1n) is 11.6. The monoisotopic (exact) mass is 475 g/mol. The van der Waals surface area contributed by atoms with Crippen molar-refractivity contribution in [3.63, 3.8) is 0 Å². The van der Waals surface area contributed by atoms with E-state index in [1.807, 2.05) is 25.3 Å². The SMILES string of the molecule is CCCCOc1cc2c(cc1Cl)-c1cc(=O)c(CC(=O)OC(C)(C)C)cn1[C@H](C(C)C)CO2. The second-order valence-corrected chi connectivity index (χ2v) is 10.2. The maximum atomic E-state index is 13.0. The Morgan fingerprint density at radius 3 is 2.64 bits per heavy atom. The zero-order valence-corrected chi connectivity index (χ0v) is 21.1. The molecule has 0 N–H and O–H groups in total. The van der Waals surface area contributed by atoms with Crippen LogP contribution in [-0.2, 0) is 16.0 Å². The van der Waals surface area contributed by atoms with Crippen molar-refractivity contribution in [1.82, 2.24) is 4.57 Å². The van der Waals surface area contributed by atoms with Crippen molar-refractivity contribution < 1.29 is 19.0 Å². The van der Waals surface area contributed by atoms with Crippen LogP contribution in [0.2, 0.25) is 5.02 Å². The van der Waals surface area contributed by atoms with Crippen LogP contribution in [0, 0.1) is 5.92 Å². The predicted molar refractivity (Wildman–Crippen MR) is 130 cm³/mol. The molecule has 0 bridgehead atoms. The average molecular weight is 476 g/mol. The Balaban J connectivity index is 2.05. The second-order valence-electron chi connectivity index (χ2n) is 9.82. The number of hydrogen-bond acceptors (Lipinski definition) is 5. The Labute approximate surface area is 200 Å². The summed E-state index contributed by atoms with van der Waals surface area (Å²) < 4.78 is 19.5. The van der Waals surface area contributed by atoms with E-state index in [1.165, 1.54) is 0 Å². The fourth-order valence-electron chi connectivity index (χ4n) is 3.81. The van der Waals surface area contributed by atoms with Crippen LogP contribution in [0.25, 0.3) is 11.3 Å². The van der Waals surface area contributed by atoms with E-state index in [4.69, 9.17) is 25.8 Å². The van der Waals surface area contributed by atoms with Crippen LogP contribution < -0.4 is 14.9 Å². The number of carbonyl (C=O) groups excluding carboxylic acids is 1. The van der Waals surface area contributed by atoms with Crippen LogP contribution in [0.5, 0.6) is 11.5 Å². The summed E-state index contributed by atoms with van der Waals surface area (Å²) in [4.78, 5) is 25.4. The number of hydrogen-bond donors (Lipinski definition) is 0. The molecule has 0 fully saturated rings. The van der Waals surface area contributed by atoms with Gasteiger partial charge in [0.05, 0.1) is 29.8 Å². The van der Waals surface area contributed by atoms with Gasteiger partial charge in [-0.25, -0.2) is 0 Å². The van der Waals surface area contributed by atoms with Gasteiger partial charge in [-0.1, -0.05) is 38.8 Å². The minimum absolute atomic E-state index is 0.0337. The quantitative estimate of drug-likeness (QED) is 0.372. The molecule has 33 heavy (non-hydrogen) atoms. The van der Waals surface area contributed by atoms with E-state index in [0.29, 0.717) is 41.0 Å². The molecule has 2 heterocycles. The maximum Gasteiger partial charge on any atom is 0.310 e. The predicted octanol–water partition coefficient (Wildman–Crippen LogP) is 5.82. The van der Waals surface area contributed by atoms with Gasteiger partial charge >= 0.3 is 5.97 Å². The first-order chi connectivity index (χ1) is 15.5. The van der Waals surface area contributed by atoms with Crippen molar-refractivity contribution in [3.8, 4) is 22.8 Å². The van der Waals surface area contributed by atoms with Crippen LogP contribution >= 0.6 is 11.6 Å². The van der Waals surface area contributed by atoms with Crippen molar-refractivity contribution in [3.05, 3.63) is 45.2 Å². The summed E-state index contributed by atoms with van der Waals surface area (Å²) in [6.45, 7) is 12.7. The van der Waals surface area contributed by atoms with Crippen LogP contribution in [-0.4, -0.2) is 29.4 Å². The number of unbranched alkanes of at least 4 members (excludes halogenated alkanes) is 1. The van der Waals surface area contributed by atoms with Gasteiger partial charge in [0.15, 0.2) is 5.43 Å². The van der Waals surface area contributed by atoms with Crippen molar-refractivity contribution >= 4 is 17.6 Å². The van der Waals surface area contributed by atoms with E-state index in [9.17, 15) is 9.59 Å². The standard InChI is InChI=1S/C26H34ClNO5/c1-7-8-9-31-24-13-23-18(11-19(24)27)20-12-22(29)17(10-25(30)33-26(4,5)6)14-28(20)21(15-32-23)16(2)3/h11-14,16,21H,7-10,15H2,1-6H3/t21-/m0/s1. The topological polar surface area (TPSA) is 66.8 Å². The first kappa shape index (κ1) is 25.2. The lowest BCUT2D eigenvalue weighted by molar-refractivity contribution is -0.153. The van der Waals surface area contributed by atoms with Crippen molar-refractivity contribution in [2.75, 3.05) is 13.2 Å². The molecule has 0 spiro atoms. The average Bonchev–Trinajstić information content (AvgIpc) is 2.84. The van der Waals surface area contributed by atoms with Gasteiger partial charge in [0.25, 0.3) is 0 Å². The summed E-state index contributed by atoms with van der Waals surface area (Å²) in [5.41, 5.74) is 1.00. The minimum atomic E-state index is -0.611. The van der Waals surface area contributed by atoms with Crippen molar-refractivity contribution in [1.29, 1.82) is 0 Å². The van der Waals surface area contributed by atoms with Gasteiger partial charge in [-0.3, -0.25) is 9.59 Å². The van der Waals surface area contributed by atoms with Gasteiger partial charge < -0.3 is 18.8 Å². The van der Waals surface area contributed by atoms with Crippen LogP contribution in [0.15, 0.2) is 29.2 Å². The summed E-state index contributed by atoms with van der Waals surface area (Å²) >= 11 is 6.53. The fourth-order valence-corrected chi connectivity index (χ4v) is 4.03. The van der Waals surface area contributed by atoms with E-state index < -0.39 is 11.6 Å². The number of esters is 1. The van der Waals surface area contributed by atoms with Crippen LogP contribution in [0.3, 0.4) is 0 Å². The van der Waals surface area contributed by atoms with Gasteiger partial charge in [-0.05, 0) is 39.2 Å². The third-order valence-electron chi connectivity index (χ3n) is 5.51. The molecular weight excluding hydrogens is 442 g/mol. The number of carbonyl (C=O) groups is 1. The molecule has 3 rings (SSSR count). The maximum absolute atomic E-state index is 13.0. The summed E-state index contributed by atoms with van der Waals surface area (Å²) in [5, 5.41) is 0.466. The molecule has 1 aromatic carbocycles. The van der Waals surface area contributed by atoms with Crippen LogP contribution in [0.4, 0.5) is 0 Å². The zero-order chi connectivity index (χ0) is 24.3. The largest absolute Gasteiger partial charge is 0.492 e. The highest BCUT2D eigenvalue weighted by Gasteiger charge is 2.28. The molecule has 0 saturated carbocycles. The normalized spacial score (nSPS) is 15.3. The van der Waals surface area contributed by atoms with Gasteiger partial charge in [-0.2, -0.15) is 0 Å². The molecule has 1 aliphatic heterocycles. The molecule has 180 valence electrons. The van der Waals surface area contributed by atoms with E-state index in [0.717, 1.165) is 18.4 Å². The first-order valence-corrected chi connectivity index (χ1v) is 11.9. The third kappa shape index (κ3) is 6.11. The molecule has 6 nitrogen and oxygen atoms in total. The molecule has 7 heteroatoms. The molecule has 0 unspecified atom stereocenters. The molecule has 0 radical (unpaired) electrons. The highest BCUT2D eigenvalue weighted by atomic mass is 35.5. The smallest absolute Gasteiger partial charge is 0.310 e. The number of ether oxygens (including phenoxy) is 3. The highest BCUT2D eigenvalue weighted by molar-refractivity contribution is 6.32. The van der Waals surface area contributed by atoms with Gasteiger partial charge in [0, 0.05) is 29.5 Å². The van der Waals surface area contributed by atoms with Crippen molar-refractivity contribution in [2.24, 2.45) is 5.92 Å². The number of aromatic nitrogens is 1. The Morgan fingerprint density at radius 2 is 2.00 bits per heavy atom. The number of halogens is 1. The third-order valence-corrected chi connectivity index (χ3v) is 5.81. The summed E-state index contributed by atoms with van der Waals surface area (Å²) in [6, 6.07) is 5.13. The minimum Gasteiger partial charge on any atom is -0.492 e. The lowest BCUT2D eigenvalue weighted by Gasteiger charge is -2.25. The van der Waals surface area contributed by atoms with E-state index in [2.05, 4.69) is 20.8 Å². The number of pyridine rings is 1. The lowest BCUT2D eigenvalue weighted by atomic mass is 10.0. The summed E-state index contributed by atoms with van der Waals surface area (Å²) in [6.07, 6.45) is 3.64. The Bertz CT molecular complexity index is 1070. The Morgan fingerprint density at radius 1 is 1.27 bits per heavy atom. The van der Waals surface area contributed by atoms with Gasteiger partial charge in [0.2, 0.25) is 0 Å².